The number of carbonyl (C=O) groups is 3. The normalized spacial score (nSPS) is 51.4. The number of halogens is 1. The Morgan fingerprint density at radius 2 is 2.17 bits per heavy atom. The second kappa shape index (κ2) is 6.84. The molecule has 3 saturated carbocycles. The molecule has 4 rings (SSSR count). The molecule has 0 aromatic rings. The van der Waals surface area contributed by atoms with Crippen LogP contribution in [0.4, 0.5) is 0 Å². The highest BCUT2D eigenvalue weighted by molar-refractivity contribution is 9.10. The molecule has 3 fully saturated rings. The van der Waals surface area contributed by atoms with Gasteiger partial charge >= 0.3 is 0 Å². The number of aliphatic hydroxyl groups is 2. The molecule has 0 aromatic heterocycles. The minimum Gasteiger partial charge on any atom is -0.463 e. The highest BCUT2D eigenvalue weighted by atomic mass is 79.9. The summed E-state index contributed by atoms with van der Waals surface area (Å²) in [4.78, 5) is 36.6. The Kier molecular flexibility index (Phi) is 4.17. The van der Waals surface area contributed by atoms with E-state index in [9.17, 15) is 24.6 Å². The van der Waals surface area contributed by atoms with Gasteiger partial charge in [0.1, 0.15) is 18.3 Å². The topological polar surface area (TPSA) is 101 Å². The molecule has 2 N–H and O–H groups in total. The maximum Gasteiger partial charge on any atom is 0.293 e. The monoisotopic (exact) mass is 483 g/mol. The van der Waals surface area contributed by atoms with E-state index < -0.39 is 57.9 Å². The Bertz CT molecular complexity index is 962. The summed E-state index contributed by atoms with van der Waals surface area (Å²) < 4.78 is 29.0. The summed E-state index contributed by atoms with van der Waals surface area (Å²) in [6.07, 6.45) is 5.33. The average Bonchev–Trinajstić information content (AvgIpc) is 2.98. The minimum atomic E-state index is -2.63. The molecule has 0 radical (unpaired) electrons. The number of Topliss-reactive ketones (excluding diaryl/α,β-unsaturated/α-hetero) is 1. The molecule has 30 heavy (non-hydrogen) atoms. The van der Waals surface area contributed by atoms with Gasteiger partial charge in [0, 0.05) is 14.9 Å². The van der Waals surface area contributed by atoms with Gasteiger partial charge in [0.25, 0.3) is 6.47 Å². The van der Waals surface area contributed by atoms with E-state index in [1.165, 1.54) is 6.08 Å². The Balaban J connectivity index is 1.92. The van der Waals surface area contributed by atoms with Crippen LogP contribution in [0, 0.1) is 28.6 Å². The van der Waals surface area contributed by atoms with Gasteiger partial charge in [-0.05, 0) is 55.6 Å². The number of aliphatic hydroxyl groups excluding tert-OH is 1. The second-order valence-electron chi connectivity index (χ2n) is 9.61. The van der Waals surface area contributed by atoms with Crippen molar-refractivity contribution in [3.63, 3.8) is 0 Å². The van der Waals surface area contributed by atoms with Crippen molar-refractivity contribution in [1.29, 1.82) is 0 Å². The predicted molar refractivity (Wildman–Crippen MR) is 113 cm³/mol. The van der Waals surface area contributed by atoms with Crippen LogP contribution in [0.15, 0.2) is 23.8 Å². The van der Waals surface area contributed by atoms with E-state index in [0.29, 0.717) is 19.3 Å². The van der Waals surface area contributed by atoms with E-state index in [2.05, 4.69) is 15.9 Å². The largest absolute Gasteiger partial charge is 0.463 e. The maximum absolute atomic E-state index is 13.0. The summed E-state index contributed by atoms with van der Waals surface area (Å²) in [5.41, 5.74) is -3.34. The van der Waals surface area contributed by atoms with Crippen molar-refractivity contribution in [3.8, 4) is 0 Å². The molecule has 6 nitrogen and oxygen atoms in total. The smallest absolute Gasteiger partial charge is 0.293 e. The van der Waals surface area contributed by atoms with Gasteiger partial charge in [-0.25, -0.2) is 0 Å². The first-order chi connectivity index (χ1) is 15.2. The Morgan fingerprint density at radius 3 is 2.80 bits per heavy atom. The number of hydrogen-bond acceptors (Lipinski definition) is 6. The molecule has 7 heteroatoms. The minimum absolute atomic E-state index is 0.0254. The molecule has 0 bridgehead atoms. The SMILES string of the molecule is [2H]C([2H])([2H])[C@@H]1CC2C3CCC4=CC(=O)C=C[C@]4(C)[C@@]3(Br)[C@@H](OC=O)C[C@]2(C)[C@@]1(O)C(=O)CO. The Morgan fingerprint density at radius 1 is 1.43 bits per heavy atom. The molecule has 0 heterocycles. The lowest BCUT2D eigenvalue weighted by Gasteiger charge is -2.64. The number of carbonyl (C=O) groups excluding carboxylic acids is 3. The van der Waals surface area contributed by atoms with Gasteiger partial charge in [-0.2, -0.15) is 0 Å². The molecule has 0 spiro atoms. The zero-order valence-corrected chi connectivity index (χ0v) is 18.6. The first kappa shape index (κ1) is 18.3. The lowest BCUT2D eigenvalue weighted by molar-refractivity contribution is -0.183. The van der Waals surface area contributed by atoms with Crippen LogP contribution >= 0.6 is 15.9 Å². The van der Waals surface area contributed by atoms with E-state index in [1.807, 2.05) is 13.0 Å². The van der Waals surface area contributed by atoms with E-state index in [-0.39, 0.29) is 24.5 Å². The van der Waals surface area contributed by atoms with Crippen LogP contribution < -0.4 is 0 Å². The van der Waals surface area contributed by atoms with Gasteiger partial charge in [-0.1, -0.05) is 48.3 Å². The van der Waals surface area contributed by atoms with Crippen molar-refractivity contribution in [2.75, 3.05) is 6.61 Å². The lowest BCUT2D eigenvalue weighted by atomic mass is 9.46. The number of ketones is 2. The standard InChI is InChI=1S/C23H29BrO6/c1-13-8-17-16-5-4-14-9-15(27)6-7-20(14,2)22(16,24)19(30-12-26)10-21(17,3)23(13,29)18(28)11-25/h6-7,9,12-13,16-17,19,25,29H,4-5,8,10-11H2,1-3H3/t13-,16?,17?,19+,20+,21+,22+,23+/m1/s1/i1D3. The van der Waals surface area contributed by atoms with Gasteiger partial charge in [0.05, 0.1) is 4.32 Å². The van der Waals surface area contributed by atoms with Crippen molar-refractivity contribution in [3.05, 3.63) is 23.8 Å². The van der Waals surface area contributed by atoms with Crippen LogP contribution in [0.2, 0.25) is 0 Å². The van der Waals surface area contributed by atoms with Gasteiger partial charge < -0.3 is 14.9 Å². The van der Waals surface area contributed by atoms with Crippen molar-refractivity contribution >= 4 is 34.0 Å². The summed E-state index contributed by atoms with van der Waals surface area (Å²) in [7, 11) is 0. The highest BCUT2D eigenvalue weighted by Crippen LogP contribution is 2.72. The molecule has 0 amide bonds. The third-order valence-corrected chi connectivity index (χ3v) is 10.6. The van der Waals surface area contributed by atoms with Gasteiger partial charge in [0.15, 0.2) is 11.6 Å². The third-order valence-electron chi connectivity index (χ3n) is 8.66. The van der Waals surface area contributed by atoms with Gasteiger partial charge in [-0.3, -0.25) is 14.4 Å². The van der Waals surface area contributed by atoms with Gasteiger partial charge in [0.2, 0.25) is 0 Å². The van der Waals surface area contributed by atoms with Crippen LogP contribution in [0.5, 0.6) is 0 Å². The van der Waals surface area contributed by atoms with Crippen molar-refractivity contribution in [2.45, 2.75) is 62.4 Å². The molecular formula is C23H29BrO6. The van der Waals surface area contributed by atoms with E-state index in [4.69, 9.17) is 8.85 Å². The van der Waals surface area contributed by atoms with Crippen LogP contribution in [-0.4, -0.2) is 50.9 Å². The first-order valence-electron chi connectivity index (χ1n) is 11.8. The Hall–Kier alpha value is -1.31. The second-order valence-corrected chi connectivity index (χ2v) is 10.9. The fourth-order valence-electron chi connectivity index (χ4n) is 7.07. The third kappa shape index (κ3) is 2.40. The van der Waals surface area contributed by atoms with Crippen molar-refractivity contribution in [1.82, 2.24) is 0 Å². The zero-order chi connectivity index (χ0) is 24.6. The molecule has 4 aliphatic rings. The number of alkyl halides is 1. The first-order valence-corrected chi connectivity index (χ1v) is 11.1. The van der Waals surface area contributed by atoms with E-state index in [0.717, 1.165) is 5.57 Å². The summed E-state index contributed by atoms with van der Waals surface area (Å²) in [5.74, 6) is -3.08. The van der Waals surface area contributed by atoms with Crippen molar-refractivity contribution in [2.24, 2.45) is 28.6 Å². The number of rotatable bonds is 4. The quantitative estimate of drug-likeness (QED) is 0.470. The lowest BCUT2D eigenvalue weighted by Crippen LogP contribution is -2.69. The molecule has 2 unspecified atom stereocenters. The molecule has 8 atom stereocenters. The van der Waals surface area contributed by atoms with Crippen LogP contribution in [0.3, 0.4) is 0 Å². The molecule has 0 aromatic carbocycles. The molecular weight excluding hydrogens is 452 g/mol. The predicted octanol–water partition coefficient (Wildman–Crippen LogP) is 2.50. The Labute approximate surface area is 189 Å². The van der Waals surface area contributed by atoms with Crippen molar-refractivity contribution < 1.29 is 33.4 Å². The summed E-state index contributed by atoms with van der Waals surface area (Å²) in [6, 6.07) is 0. The number of fused-ring (bicyclic) bond motifs is 5. The number of hydrogen-bond donors (Lipinski definition) is 2. The summed E-state index contributed by atoms with van der Waals surface area (Å²) in [6.45, 7) is 0.365. The zero-order valence-electron chi connectivity index (χ0n) is 20.1. The summed E-state index contributed by atoms with van der Waals surface area (Å²) in [5, 5.41) is 21.5. The maximum atomic E-state index is 13.0. The molecule has 164 valence electrons. The fraction of sp³-hybridized carbons (Fsp3) is 0.696. The van der Waals surface area contributed by atoms with Gasteiger partial charge in [-0.15, -0.1) is 0 Å². The van der Waals surface area contributed by atoms with Crippen LogP contribution in [0.1, 0.15) is 50.5 Å². The molecule has 0 saturated heterocycles. The highest BCUT2D eigenvalue weighted by Gasteiger charge is 2.75. The van der Waals surface area contributed by atoms with E-state index >= 15 is 0 Å². The molecule has 4 aliphatic carbocycles. The number of allylic oxidation sites excluding steroid dienone is 4. The van der Waals surface area contributed by atoms with E-state index in [1.54, 1.807) is 13.0 Å². The fourth-order valence-corrected chi connectivity index (χ4v) is 8.27. The molecule has 0 aliphatic heterocycles. The average molecular weight is 484 g/mol. The summed E-state index contributed by atoms with van der Waals surface area (Å²) >= 11 is 3.94. The van der Waals surface area contributed by atoms with Crippen LogP contribution in [-0.2, 0) is 19.1 Å². The number of ether oxygens (including phenoxy) is 1. The van der Waals surface area contributed by atoms with Crippen LogP contribution in [0.25, 0.3) is 0 Å².